The second kappa shape index (κ2) is 5.01. The third-order valence-corrected chi connectivity index (χ3v) is 4.09. The Kier molecular flexibility index (Phi) is 3.63. The van der Waals surface area contributed by atoms with Crippen molar-refractivity contribution in [1.82, 2.24) is 10.3 Å². The highest BCUT2D eigenvalue weighted by atomic mass is 32.2. The lowest BCUT2D eigenvalue weighted by molar-refractivity contribution is 0.581. The van der Waals surface area contributed by atoms with Gasteiger partial charge in [-0.05, 0) is 38.4 Å². The van der Waals surface area contributed by atoms with Crippen molar-refractivity contribution < 1.29 is 8.42 Å². The van der Waals surface area contributed by atoms with Crippen molar-refractivity contribution in [2.45, 2.75) is 25.8 Å². The summed E-state index contributed by atoms with van der Waals surface area (Å²) >= 11 is 0. The molecule has 0 bridgehead atoms. The topological polar surface area (TPSA) is 71.1 Å². The second-order valence-electron chi connectivity index (χ2n) is 4.34. The predicted octanol–water partition coefficient (Wildman–Crippen LogP) is 0.884. The molecule has 1 saturated heterocycles. The Labute approximate surface area is 102 Å². The van der Waals surface area contributed by atoms with Gasteiger partial charge in [-0.15, -0.1) is 0 Å². The van der Waals surface area contributed by atoms with Crippen molar-refractivity contribution in [3.05, 3.63) is 23.9 Å². The Balaban J connectivity index is 2.01. The smallest absolute Gasteiger partial charge is 0.235 e. The van der Waals surface area contributed by atoms with E-state index in [1.807, 2.05) is 13.0 Å². The monoisotopic (exact) mass is 255 g/mol. The van der Waals surface area contributed by atoms with E-state index in [1.54, 1.807) is 12.1 Å². The van der Waals surface area contributed by atoms with Crippen molar-refractivity contribution in [3.8, 4) is 0 Å². The zero-order valence-electron chi connectivity index (χ0n) is 9.81. The fourth-order valence-electron chi connectivity index (χ4n) is 1.96. The number of sulfonamides is 1. The first-order chi connectivity index (χ1) is 8.05. The van der Waals surface area contributed by atoms with Crippen molar-refractivity contribution in [1.29, 1.82) is 0 Å². The van der Waals surface area contributed by atoms with Crippen LogP contribution in [-0.2, 0) is 10.0 Å². The van der Waals surface area contributed by atoms with E-state index in [0.717, 1.165) is 25.1 Å². The molecular weight excluding hydrogens is 238 g/mol. The van der Waals surface area contributed by atoms with E-state index in [4.69, 9.17) is 0 Å². The number of nitrogens with zero attached hydrogens (tertiary/aromatic N) is 1. The third-order valence-electron chi connectivity index (χ3n) is 2.73. The molecule has 1 aliphatic rings. The van der Waals surface area contributed by atoms with Gasteiger partial charge in [0.1, 0.15) is 5.82 Å². The molecule has 0 amide bonds. The molecular formula is C11H17N3O2S. The van der Waals surface area contributed by atoms with Gasteiger partial charge in [0.05, 0.1) is 5.75 Å². The molecule has 1 aromatic rings. The van der Waals surface area contributed by atoms with E-state index < -0.39 is 10.0 Å². The van der Waals surface area contributed by atoms with Gasteiger partial charge in [0.25, 0.3) is 0 Å². The number of aromatic nitrogens is 1. The number of pyridine rings is 1. The molecule has 6 heteroatoms. The van der Waals surface area contributed by atoms with E-state index in [-0.39, 0.29) is 11.8 Å². The van der Waals surface area contributed by atoms with E-state index >= 15 is 0 Å². The first kappa shape index (κ1) is 12.3. The number of hydrogen-bond donors (Lipinski definition) is 2. The molecule has 0 radical (unpaired) electrons. The molecule has 2 N–H and O–H groups in total. The molecule has 2 heterocycles. The van der Waals surface area contributed by atoms with Gasteiger partial charge < -0.3 is 5.32 Å². The van der Waals surface area contributed by atoms with E-state index in [9.17, 15) is 8.42 Å². The molecule has 1 aromatic heterocycles. The van der Waals surface area contributed by atoms with Crippen molar-refractivity contribution in [3.63, 3.8) is 0 Å². The van der Waals surface area contributed by atoms with Gasteiger partial charge in [0.15, 0.2) is 0 Å². The van der Waals surface area contributed by atoms with Gasteiger partial charge in [-0.1, -0.05) is 6.07 Å². The third kappa shape index (κ3) is 3.67. The predicted molar refractivity (Wildman–Crippen MR) is 67.4 cm³/mol. The maximum atomic E-state index is 11.9. The van der Waals surface area contributed by atoms with Gasteiger partial charge in [0, 0.05) is 11.7 Å². The fraction of sp³-hybridized carbons (Fsp3) is 0.545. The van der Waals surface area contributed by atoms with Crippen molar-refractivity contribution in [2.75, 3.05) is 17.0 Å². The largest absolute Gasteiger partial charge is 0.313 e. The molecule has 0 saturated carbocycles. The van der Waals surface area contributed by atoms with Crippen LogP contribution in [0.5, 0.6) is 0 Å². The molecule has 1 atom stereocenters. The fourth-order valence-corrected chi connectivity index (χ4v) is 3.29. The van der Waals surface area contributed by atoms with Gasteiger partial charge >= 0.3 is 0 Å². The van der Waals surface area contributed by atoms with Crippen LogP contribution in [-0.4, -0.2) is 31.7 Å². The standard InChI is InChI=1S/C11H17N3O2S/c1-9-4-2-6-11(13-9)14-17(15,16)8-10-5-3-7-12-10/h2,4,6,10,12H,3,5,7-8H2,1H3,(H,13,14). The Morgan fingerprint density at radius 2 is 2.35 bits per heavy atom. The van der Waals surface area contributed by atoms with Crippen LogP contribution in [0.4, 0.5) is 5.82 Å². The Morgan fingerprint density at radius 3 is 3.00 bits per heavy atom. The molecule has 0 aromatic carbocycles. The van der Waals surface area contributed by atoms with Crippen LogP contribution in [0.2, 0.25) is 0 Å². The first-order valence-electron chi connectivity index (χ1n) is 5.73. The highest BCUT2D eigenvalue weighted by Crippen LogP contribution is 2.11. The molecule has 2 rings (SSSR count). The maximum absolute atomic E-state index is 11.9. The van der Waals surface area contributed by atoms with Crippen LogP contribution < -0.4 is 10.0 Å². The summed E-state index contributed by atoms with van der Waals surface area (Å²) in [6, 6.07) is 5.34. The number of anilines is 1. The van der Waals surface area contributed by atoms with Gasteiger partial charge in [-0.25, -0.2) is 13.4 Å². The minimum absolute atomic E-state index is 0.0670. The van der Waals surface area contributed by atoms with Crippen LogP contribution in [0.1, 0.15) is 18.5 Å². The lowest BCUT2D eigenvalue weighted by Crippen LogP contribution is -2.33. The molecule has 5 nitrogen and oxygen atoms in total. The van der Waals surface area contributed by atoms with Gasteiger partial charge in [-0.3, -0.25) is 4.72 Å². The number of nitrogens with one attached hydrogen (secondary N) is 2. The van der Waals surface area contributed by atoms with Crippen LogP contribution in [0.25, 0.3) is 0 Å². The molecule has 1 fully saturated rings. The average Bonchev–Trinajstić information content (AvgIpc) is 2.68. The molecule has 1 aliphatic heterocycles. The first-order valence-corrected chi connectivity index (χ1v) is 7.38. The zero-order valence-corrected chi connectivity index (χ0v) is 10.6. The summed E-state index contributed by atoms with van der Waals surface area (Å²) in [5, 5.41) is 3.17. The minimum Gasteiger partial charge on any atom is -0.313 e. The number of rotatable bonds is 4. The number of aryl methyl sites for hydroxylation is 1. The highest BCUT2D eigenvalue weighted by Gasteiger charge is 2.22. The van der Waals surface area contributed by atoms with E-state index in [2.05, 4.69) is 15.0 Å². The Hall–Kier alpha value is -1.14. The lowest BCUT2D eigenvalue weighted by Gasteiger charge is -2.12. The summed E-state index contributed by atoms with van der Waals surface area (Å²) in [6.45, 7) is 2.74. The number of hydrogen-bond acceptors (Lipinski definition) is 4. The van der Waals surface area contributed by atoms with Crippen molar-refractivity contribution >= 4 is 15.8 Å². The van der Waals surface area contributed by atoms with E-state index in [0.29, 0.717) is 5.82 Å². The average molecular weight is 255 g/mol. The van der Waals surface area contributed by atoms with Crippen molar-refractivity contribution in [2.24, 2.45) is 0 Å². The lowest BCUT2D eigenvalue weighted by atomic mass is 10.3. The second-order valence-corrected chi connectivity index (χ2v) is 6.11. The summed E-state index contributed by atoms with van der Waals surface area (Å²) in [4.78, 5) is 4.12. The van der Waals surface area contributed by atoms with Crippen LogP contribution in [0.15, 0.2) is 18.2 Å². The van der Waals surface area contributed by atoms with Gasteiger partial charge in [-0.2, -0.15) is 0 Å². The minimum atomic E-state index is -3.31. The van der Waals surface area contributed by atoms with Gasteiger partial charge in [0.2, 0.25) is 10.0 Å². The molecule has 0 aliphatic carbocycles. The van der Waals surface area contributed by atoms with E-state index in [1.165, 1.54) is 0 Å². The maximum Gasteiger partial charge on any atom is 0.235 e. The summed E-state index contributed by atoms with van der Waals surface area (Å²) < 4.78 is 26.3. The van der Waals surface area contributed by atoms with Crippen LogP contribution in [0.3, 0.4) is 0 Å². The zero-order chi connectivity index (χ0) is 12.3. The molecule has 94 valence electrons. The summed E-state index contributed by atoms with van der Waals surface area (Å²) in [5.74, 6) is 0.505. The summed E-state index contributed by atoms with van der Waals surface area (Å²) in [5.41, 5.74) is 0.796. The quantitative estimate of drug-likeness (QED) is 0.838. The highest BCUT2D eigenvalue weighted by molar-refractivity contribution is 7.92. The Morgan fingerprint density at radius 1 is 1.53 bits per heavy atom. The Bertz CT molecular complexity index is 481. The molecule has 17 heavy (non-hydrogen) atoms. The SMILES string of the molecule is Cc1cccc(NS(=O)(=O)CC2CCCN2)n1. The molecule has 1 unspecified atom stereocenters. The summed E-state index contributed by atoms with van der Waals surface area (Å²) in [7, 11) is -3.31. The normalized spacial score (nSPS) is 20.4. The molecule has 0 spiro atoms. The van der Waals surface area contributed by atoms with Crippen LogP contribution in [0, 0.1) is 6.92 Å². The summed E-state index contributed by atoms with van der Waals surface area (Å²) in [6.07, 6.45) is 1.96. The van der Waals surface area contributed by atoms with Crippen LogP contribution >= 0.6 is 0 Å².